The summed E-state index contributed by atoms with van der Waals surface area (Å²) in [6.07, 6.45) is 5.72. The lowest BCUT2D eigenvalue weighted by Crippen LogP contribution is -2.26. The van der Waals surface area contributed by atoms with Crippen LogP contribution in [0.15, 0.2) is 24.3 Å². The maximum absolute atomic E-state index is 13.0. The second kappa shape index (κ2) is 8.79. The molecule has 2 amide bonds. The number of halogens is 1. The quantitative estimate of drug-likeness (QED) is 0.730. The first-order valence-corrected chi connectivity index (χ1v) is 9.54. The molecule has 1 aliphatic heterocycles. The SMILES string of the molecule is CCCCCNC(=O)c1nc(C(=O)Nc2ccc(F)cc2)n2c1CCCC2. The molecular formula is C20H25FN4O2. The number of nitrogens with zero attached hydrogens (tertiary/aromatic N) is 2. The molecule has 0 bridgehead atoms. The summed E-state index contributed by atoms with van der Waals surface area (Å²) in [6.45, 7) is 3.38. The second-order valence-corrected chi connectivity index (χ2v) is 6.76. The first-order chi connectivity index (χ1) is 13.1. The van der Waals surface area contributed by atoms with E-state index in [-0.39, 0.29) is 17.5 Å². The summed E-state index contributed by atoms with van der Waals surface area (Å²) < 4.78 is 14.9. The van der Waals surface area contributed by atoms with E-state index in [1.54, 1.807) is 0 Å². The van der Waals surface area contributed by atoms with Crippen LogP contribution in [0.1, 0.15) is 65.8 Å². The number of hydrogen-bond donors (Lipinski definition) is 2. The molecule has 0 spiro atoms. The smallest absolute Gasteiger partial charge is 0.291 e. The van der Waals surface area contributed by atoms with Crippen molar-refractivity contribution in [2.75, 3.05) is 11.9 Å². The average Bonchev–Trinajstić information content (AvgIpc) is 3.07. The Bertz CT molecular complexity index is 814. The molecule has 2 heterocycles. The van der Waals surface area contributed by atoms with Gasteiger partial charge in [-0.05, 0) is 49.9 Å². The Labute approximate surface area is 158 Å². The van der Waals surface area contributed by atoms with Crippen LogP contribution in [-0.2, 0) is 13.0 Å². The lowest BCUT2D eigenvalue weighted by molar-refractivity contribution is 0.0947. The number of nitrogens with one attached hydrogen (secondary N) is 2. The van der Waals surface area contributed by atoms with Crippen molar-refractivity contribution in [1.29, 1.82) is 0 Å². The third-order valence-corrected chi connectivity index (χ3v) is 4.70. The van der Waals surface area contributed by atoms with Crippen LogP contribution >= 0.6 is 0 Å². The molecule has 27 heavy (non-hydrogen) atoms. The summed E-state index contributed by atoms with van der Waals surface area (Å²) in [5.41, 5.74) is 1.65. The highest BCUT2D eigenvalue weighted by molar-refractivity contribution is 6.03. The van der Waals surface area contributed by atoms with Crippen LogP contribution in [0.5, 0.6) is 0 Å². The van der Waals surface area contributed by atoms with E-state index < -0.39 is 5.91 Å². The number of anilines is 1. The number of amides is 2. The summed E-state index contributed by atoms with van der Waals surface area (Å²) in [6, 6.07) is 5.56. The first kappa shape index (κ1) is 19.1. The predicted molar refractivity (Wildman–Crippen MR) is 101 cm³/mol. The molecule has 1 aliphatic rings. The van der Waals surface area contributed by atoms with Gasteiger partial charge >= 0.3 is 0 Å². The Morgan fingerprint density at radius 2 is 1.93 bits per heavy atom. The van der Waals surface area contributed by atoms with E-state index in [2.05, 4.69) is 22.5 Å². The Kier molecular flexibility index (Phi) is 6.21. The van der Waals surface area contributed by atoms with Gasteiger partial charge in [-0.15, -0.1) is 0 Å². The van der Waals surface area contributed by atoms with E-state index in [9.17, 15) is 14.0 Å². The van der Waals surface area contributed by atoms with E-state index in [4.69, 9.17) is 0 Å². The van der Waals surface area contributed by atoms with Crippen LogP contribution in [0.4, 0.5) is 10.1 Å². The number of carbonyl (C=O) groups excluding carboxylic acids is 2. The Balaban J connectivity index is 1.78. The normalized spacial score (nSPS) is 13.1. The Hall–Kier alpha value is -2.70. The molecule has 0 aliphatic carbocycles. The van der Waals surface area contributed by atoms with Gasteiger partial charge in [0.2, 0.25) is 0 Å². The van der Waals surface area contributed by atoms with E-state index in [1.807, 2.05) is 4.57 Å². The van der Waals surface area contributed by atoms with Crippen LogP contribution in [-0.4, -0.2) is 27.9 Å². The molecular weight excluding hydrogens is 347 g/mol. The minimum absolute atomic E-state index is 0.224. The Morgan fingerprint density at radius 3 is 2.67 bits per heavy atom. The standard InChI is InChI=1S/C20H25FN4O2/c1-2-3-5-12-22-19(26)17-16-7-4-6-13-25(16)18(24-17)20(27)23-15-10-8-14(21)9-11-15/h8-11H,2-7,12-13H2,1H3,(H,22,26)(H,23,27). The van der Waals surface area contributed by atoms with Crippen molar-refractivity contribution in [2.45, 2.75) is 52.0 Å². The number of rotatable bonds is 7. The summed E-state index contributed by atoms with van der Waals surface area (Å²) in [5.74, 6) is -0.756. The second-order valence-electron chi connectivity index (χ2n) is 6.76. The first-order valence-electron chi connectivity index (χ1n) is 9.54. The number of benzene rings is 1. The largest absolute Gasteiger partial charge is 0.351 e. The average molecular weight is 372 g/mol. The van der Waals surface area contributed by atoms with Gasteiger partial charge in [-0.3, -0.25) is 9.59 Å². The molecule has 0 radical (unpaired) electrons. The fraction of sp³-hybridized carbons (Fsp3) is 0.450. The lowest BCUT2D eigenvalue weighted by atomic mass is 10.1. The fourth-order valence-corrected chi connectivity index (χ4v) is 3.28. The molecule has 0 saturated carbocycles. The van der Waals surface area contributed by atoms with Crippen LogP contribution in [0.3, 0.4) is 0 Å². The number of hydrogen-bond acceptors (Lipinski definition) is 3. The van der Waals surface area contributed by atoms with E-state index in [0.717, 1.165) is 44.2 Å². The zero-order valence-electron chi connectivity index (χ0n) is 15.6. The Morgan fingerprint density at radius 1 is 1.15 bits per heavy atom. The van der Waals surface area contributed by atoms with E-state index >= 15 is 0 Å². The third-order valence-electron chi connectivity index (χ3n) is 4.70. The van der Waals surface area contributed by atoms with Crippen molar-refractivity contribution in [3.05, 3.63) is 47.3 Å². The van der Waals surface area contributed by atoms with Crippen LogP contribution in [0.25, 0.3) is 0 Å². The number of carbonyl (C=O) groups is 2. The van der Waals surface area contributed by atoms with E-state index in [0.29, 0.717) is 24.5 Å². The molecule has 144 valence electrons. The van der Waals surface area contributed by atoms with Gasteiger partial charge in [-0.1, -0.05) is 19.8 Å². The number of unbranched alkanes of at least 4 members (excludes halogenated alkanes) is 2. The minimum Gasteiger partial charge on any atom is -0.351 e. The molecule has 1 aromatic carbocycles. The highest BCUT2D eigenvalue weighted by Gasteiger charge is 2.27. The van der Waals surface area contributed by atoms with Crippen molar-refractivity contribution in [1.82, 2.24) is 14.9 Å². The monoisotopic (exact) mass is 372 g/mol. The highest BCUT2D eigenvalue weighted by Crippen LogP contribution is 2.22. The lowest BCUT2D eigenvalue weighted by Gasteiger charge is -2.17. The minimum atomic E-state index is -0.394. The highest BCUT2D eigenvalue weighted by atomic mass is 19.1. The van der Waals surface area contributed by atoms with Crippen molar-refractivity contribution >= 4 is 17.5 Å². The van der Waals surface area contributed by atoms with Gasteiger partial charge in [0.1, 0.15) is 11.5 Å². The summed E-state index contributed by atoms with van der Waals surface area (Å²) in [4.78, 5) is 29.6. The zero-order valence-corrected chi connectivity index (χ0v) is 15.6. The van der Waals surface area contributed by atoms with Crippen LogP contribution < -0.4 is 10.6 Å². The van der Waals surface area contributed by atoms with Crippen molar-refractivity contribution in [3.8, 4) is 0 Å². The molecule has 0 saturated heterocycles. The van der Waals surface area contributed by atoms with Gasteiger partial charge in [0, 0.05) is 18.8 Å². The number of fused-ring (bicyclic) bond motifs is 1. The molecule has 0 unspecified atom stereocenters. The van der Waals surface area contributed by atoms with Crippen molar-refractivity contribution in [2.24, 2.45) is 0 Å². The van der Waals surface area contributed by atoms with E-state index in [1.165, 1.54) is 24.3 Å². The fourth-order valence-electron chi connectivity index (χ4n) is 3.28. The molecule has 1 aromatic heterocycles. The number of imidazole rings is 1. The molecule has 0 atom stereocenters. The maximum Gasteiger partial charge on any atom is 0.291 e. The van der Waals surface area contributed by atoms with Gasteiger partial charge in [-0.25, -0.2) is 9.37 Å². The number of aromatic nitrogens is 2. The van der Waals surface area contributed by atoms with Crippen molar-refractivity contribution < 1.29 is 14.0 Å². The topological polar surface area (TPSA) is 76.0 Å². The van der Waals surface area contributed by atoms with Gasteiger partial charge in [0.25, 0.3) is 11.8 Å². The van der Waals surface area contributed by atoms with Crippen LogP contribution in [0.2, 0.25) is 0 Å². The van der Waals surface area contributed by atoms with Gasteiger partial charge in [0.05, 0.1) is 5.69 Å². The molecule has 7 heteroatoms. The summed E-state index contributed by atoms with van der Waals surface area (Å²) in [5, 5.41) is 5.63. The molecule has 0 fully saturated rings. The molecule has 6 nitrogen and oxygen atoms in total. The summed E-state index contributed by atoms with van der Waals surface area (Å²) >= 11 is 0. The van der Waals surface area contributed by atoms with Gasteiger partial charge < -0.3 is 15.2 Å². The maximum atomic E-state index is 13.0. The molecule has 2 aromatic rings. The third kappa shape index (κ3) is 4.53. The zero-order chi connectivity index (χ0) is 19.2. The predicted octanol–water partition coefficient (Wildman–Crippen LogP) is 3.53. The summed E-state index contributed by atoms with van der Waals surface area (Å²) in [7, 11) is 0. The van der Waals surface area contributed by atoms with Gasteiger partial charge in [-0.2, -0.15) is 0 Å². The van der Waals surface area contributed by atoms with Crippen LogP contribution in [0, 0.1) is 5.82 Å². The van der Waals surface area contributed by atoms with Crippen molar-refractivity contribution in [3.63, 3.8) is 0 Å². The molecule has 2 N–H and O–H groups in total. The molecule has 3 rings (SSSR count). The van der Waals surface area contributed by atoms with Gasteiger partial charge in [0.15, 0.2) is 5.82 Å².